The molecule has 11 heteroatoms. The third-order valence-corrected chi connectivity index (χ3v) is 3.25. The van der Waals surface area contributed by atoms with Gasteiger partial charge < -0.3 is 10.6 Å². The normalized spacial score (nSPS) is 17.8. The minimum absolute atomic E-state index is 0.0673. The first-order valence-electron chi connectivity index (χ1n) is 7.54. The summed E-state index contributed by atoms with van der Waals surface area (Å²) in [6.45, 7) is 2.09. The number of rotatable bonds is 5. The highest BCUT2D eigenvalue weighted by Crippen LogP contribution is 2.40. The predicted molar refractivity (Wildman–Crippen MR) is 80.0 cm³/mol. The molecule has 0 spiro atoms. The molecule has 0 aromatic carbocycles. The Hall–Kier alpha value is -2.07. The number of allylic oxidation sites excluding steroid dienone is 2. The minimum Gasteiger partial charge on any atom is -0.352 e. The summed E-state index contributed by atoms with van der Waals surface area (Å²) in [5.41, 5.74) is -0.143. The van der Waals surface area contributed by atoms with Crippen LogP contribution in [0.1, 0.15) is 38.9 Å². The van der Waals surface area contributed by atoms with E-state index in [2.05, 4.69) is 20.3 Å². The molecule has 0 bridgehead atoms. The Kier molecular flexibility index (Phi) is 5.43. The van der Waals surface area contributed by atoms with E-state index in [1.54, 1.807) is 13.8 Å². The maximum Gasteiger partial charge on any atom is 0.405 e. The number of hydrogen-bond donors (Lipinski definition) is 2. The van der Waals surface area contributed by atoms with Crippen molar-refractivity contribution in [3.63, 3.8) is 0 Å². The molecular formula is C14H17F6N5. The van der Waals surface area contributed by atoms with Crippen LogP contribution < -0.4 is 10.6 Å². The third-order valence-electron chi connectivity index (χ3n) is 3.25. The maximum atomic E-state index is 14.0. The lowest BCUT2D eigenvalue weighted by Gasteiger charge is -2.23. The fourth-order valence-electron chi connectivity index (χ4n) is 2.19. The van der Waals surface area contributed by atoms with Crippen LogP contribution in [-0.4, -0.2) is 39.6 Å². The zero-order chi connectivity index (χ0) is 18.8. The fourth-order valence-corrected chi connectivity index (χ4v) is 2.19. The molecule has 0 saturated carbocycles. The predicted octanol–water partition coefficient (Wildman–Crippen LogP) is 4.17. The standard InChI is InChI=1S/C14H17F6N5/c1-7(2)22-12-24-10(8-3-4-13(16,17)5-9(8)15)23-11(25-12)21-6-14(18,19)20/h7H,3-6H2,1-2H3,(H2,21,22,23,24,25). The fraction of sp³-hybridized carbons (Fsp3) is 0.643. The molecule has 1 heterocycles. The van der Waals surface area contributed by atoms with Gasteiger partial charge in [0.1, 0.15) is 12.4 Å². The smallest absolute Gasteiger partial charge is 0.352 e. The summed E-state index contributed by atoms with van der Waals surface area (Å²) in [7, 11) is 0. The van der Waals surface area contributed by atoms with E-state index in [4.69, 9.17) is 0 Å². The first-order chi connectivity index (χ1) is 11.5. The second-order valence-corrected chi connectivity index (χ2v) is 5.99. The van der Waals surface area contributed by atoms with Crippen molar-refractivity contribution in [3.05, 3.63) is 11.7 Å². The van der Waals surface area contributed by atoms with Crippen LogP contribution in [0.2, 0.25) is 0 Å². The second-order valence-electron chi connectivity index (χ2n) is 5.99. The van der Waals surface area contributed by atoms with Crippen molar-refractivity contribution in [2.45, 2.75) is 51.3 Å². The molecule has 2 N–H and O–H groups in total. The Morgan fingerprint density at radius 3 is 2.32 bits per heavy atom. The van der Waals surface area contributed by atoms with Crippen LogP contribution in [0.25, 0.3) is 5.57 Å². The summed E-state index contributed by atoms with van der Waals surface area (Å²) >= 11 is 0. The number of halogens is 6. The van der Waals surface area contributed by atoms with Gasteiger partial charge in [0.05, 0.1) is 6.42 Å². The first kappa shape index (κ1) is 19.3. The molecule has 1 aromatic heterocycles. The van der Waals surface area contributed by atoms with Crippen molar-refractivity contribution < 1.29 is 26.3 Å². The molecule has 5 nitrogen and oxygen atoms in total. The van der Waals surface area contributed by atoms with Crippen LogP contribution in [0.3, 0.4) is 0 Å². The number of hydrogen-bond acceptors (Lipinski definition) is 5. The zero-order valence-corrected chi connectivity index (χ0v) is 13.5. The van der Waals surface area contributed by atoms with E-state index in [-0.39, 0.29) is 29.8 Å². The van der Waals surface area contributed by atoms with Crippen molar-refractivity contribution in [2.24, 2.45) is 0 Å². The topological polar surface area (TPSA) is 62.7 Å². The summed E-state index contributed by atoms with van der Waals surface area (Å²) in [6, 6.07) is -0.153. The van der Waals surface area contributed by atoms with Crippen LogP contribution in [0, 0.1) is 0 Å². The van der Waals surface area contributed by atoms with E-state index in [1.807, 2.05) is 5.32 Å². The Morgan fingerprint density at radius 2 is 1.76 bits per heavy atom. The van der Waals surface area contributed by atoms with E-state index < -0.39 is 43.3 Å². The first-order valence-corrected chi connectivity index (χ1v) is 7.54. The summed E-state index contributed by atoms with van der Waals surface area (Å²) in [5.74, 6) is -4.96. The monoisotopic (exact) mass is 369 g/mol. The van der Waals surface area contributed by atoms with Crippen LogP contribution in [0.4, 0.5) is 38.2 Å². The largest absolute Gasteiger partial charge is 0.405 e. The summed E-state index contributed by atoms with van der Waals surface area (Å²) in [5, 5.41) is 4.76. The second kappa shape index (κ2) is 7.04. The lowest BCUT2D eigenvalue weighted by atomic mass is 9.95. The molecule has 0 saturated heterocycles. The lowest BCUT2D eigenvalue weighted by Crippen LogP contribution is -2.24. The molecule has 1 aromatic rings. The van der Waals surface area contributed by atoms with Crippen molar-refractivity contribution in [1.82, 2.24) is 15.0 Å². The molecule has 25 heavy (non-hydrogen) atoms. The van der Waals surface area contributed by atoms with E-state index in [9.17, 15) is 26.3 Å². The average Bonchev–Trinajstić information content (AvgIpc) is 2.42. The minimum atomic E-state index is -4.50. The van der Waals surface area contributed by atoms with Gasteiger partial charge in [0, 0.05) is 18.0 Å². The van der Waals surface area contributed by atoms with Crippen molar-refractivity contribution in [2.75, 3.05) is 17.2 Å². The van der Waals surface area contributed by atoms with Crippen molar-refractivity contribution in [1.29, 1.82) is 0 Å². The van der Waals surface area contributed by atoms with Crippen LogP contribution in [0.15, 0.2) is 5.83 Å². The molecule has 0 fully saturated rings. The Morgan fingerprint density at radius 1 is 1.12 bits per heavy atom. The number of anilines is 2. The van der Waals surface area contributed by atoms with Crippen LogP contribution >= 0.6 is 0 Å². The van der Waals surface area contributed by atoms with Gasteiger partial charge in [-0.25, -0.2) is 13.2 Å². The molecule has 1 aliphatic carbocycles. The Labute approximate surface area is 140 Å². The van der Waals surface area contributed by atoms with Crippen molar-refractivity contribution >= 4 is 17.5 Å². The molecule has 0 radical (unpaired) electrons. The van der Waals surface area contributed by atoms with Gasteiger partial charge in [0.25, 0.3) is 5.92 Å². The van der Waals surface area contributed by atoms with E-state index in [0.29, 0.717) is 0 Å². The molecule has 140 valence electrons. The summed E-state index contributed by atoms with van der Waals surface area (Å²) < 4.78 is 77.6. The van der Waals surface area contributed by atoms with Crippen molar-refractivity contribution in [3.8, 4) is 0 Å². The van der Waals surface area contributed by atoms with Gasteiger partial charge in [-0.3, -0.25) is 0 Å². The number of nitrogens with one attached hydrogen (secondary N) is 2. The van der Waals surface area contributed by atoms with Crippen LogP contribution in [-0.2, 0) is 0 Å². The molecule has 0 unspecified atom stereocenters. The quantitative estimate of drug-likeness (QED) is 0.763. The molecule has 0 atom stereocenters. The Balaban J connectivity index is 2.36. The van der Waals surface area contributed by atoms with Gasteiger partial charge in [0.15, 0.2) is 5.82 Å². The van der Waals surface area contributed by atoms with Gasteiger partial charge >= 0.3 is 6.18 Å². The highest BCUT2D eigenvalue weighted by atomic mass is 19.4. The van der Waals surface area contributed by atoms with E-state index in [1.165, 1.54) is 0 Å². The highest BCUT2D eigenvalue weighted by Gasteiger charge is 2.37. The zero-order valence-electron chi connectivity index (χ0n) is 13.5. The van der Waals surface area contributed by atoms with Gasteiger partial charge in [-0.05, 0) is 20.3 Å². The van der Waals surface area contributed by atoms with E-state index in [0.717, 1.165) is 0 Å². The van der Waals surface area contributed by atoms with E-state index >= 15 is 0 Å². The lowest BCUT2D eigenvalue weighted by molar-refractivity contribution is -0.115. The van der Waals surface area contributed by atoms with Gasteiger partial charge in [-0.2, -0.15) is 28.1 Å². The molecule has 0 amide bonds. The molecule has 0 aliphatic heterocycles. The number of nitrogens with zero attached hydrogens (tertiary/aromatic N) is 3. The third kappa shape index (κ3) is 5.75. The molecule has 1 aliphatic rings. The number of aromatic nitrogens is 3. The number of alkyl halides is 5. The maximum absolute atomic E-state index is 14.0. The molecular weight excluding hydrogens is 352 g/mol. The summed E-state index contributed by atoms with van der Waals surface area (Å²) in [6.07, 6.45) is -6.48. The SMILES string of the molecule is CC(C)Nc1nc(NCC(F)(F)F)nc(C2=C(F)CC(F)(F)CC2)n1. The average molecular weight is 369 g/mol. The highest BCUT2D eigenvalue weighted by molar-refractivity contribution is 5.64. The summed E-state index contributed by atoms with van der Waals surface area (Å²) in [4.78, 5) is 11.5. The Bertz CT molecular complexity index is 656. The molecule has 2 rings (SSSR count). The van der Waals surface area contributed by atoms with Gasteiger partial charge in [-0.1, -0.05) is 0 Å². The van der Waals surface area contributed by atoms with Gasteiger partial charge in [-0.15, -0.1) is 0 Å². The van der Waals surface area contributed by atoms with Crippen LogP contribution in [0.5, 0.6) is 0 Å². The van der Waals surface area contributed by atoms with Gasteiger partial charge in [0.2, 0.25) is 11.9 Å².